The van der Waals surface area contributed by atoms with Gasteiger partial charge in [0.05, 0.1) is 5.75 Å². The molecule has 130 valence electrons. The number of rotatable bonds is 8. The second-order valence-corrected chi connectivity index (χ2v) is 8.03. The zero-order valence-electron chi connectivity index (χ0n) is 13.9. The lowest BCUT2D eigenvalue weighted by atomic mass is 10.1. The van der Waals surface area contributed by atoms with Gasteiger partial charge in [-0.15, -0.1) is 0 Å². The van der Waals surface area contributed by atoms with E-state index >= 15 is 0 Å². The number of benzene rings is 1. The molecule has 0 bridgehead atoms. The average molecular weight is 349 g/mol. The topological polar surface area (TPSA) is 71.4 Å². The van der Waals surface area contributed by atoms with E-state index in [1.54, 1.807) is 0 Å². The van der Waals surface area contributed by atoms with Crippen LogP contribution in [0.1, 0.15) is 11.6 Å². The highest BCUT2D eigenvalue weighted by Gasteiger charge is 2.21. The number of carbonyl (C=O) groups excluding carboxylic acids is 1. The third kappa shape index (κ3) is 4.94. The Labute approximate surface area is 143 Å². The zero-order chi connectivity index (χ0) is 17.6. The van der Waals surface area contributed by atoms with Gasteiger partial charge in [-0.25, -0.2) is 12.7 Å². The highest BCUT2D eigenvalue weighted by molar-refractivity contribution is 7.89. The number of hydrogen-bond donors (Lipinski definition) is 1. The lowest BCUT2D eigenvalue weighted by Gasteiger charge is -2.19. The molecule has 0 saturated heterocycles. The molecule has 1 aromatic heterocycles. The van der Waals surface area contributed by atoms with Gasteiger partial charge in [-0.05, 0) is 17.7 Å². The summed E-state index contributed by atoms with van der Waals surface area (Å²) in [5.74, 6) is -0.306. The van der Waals surface area contributed by atoms with Crippen molar-refractivity contribution in [3.63, 3.8) is 0 Å². The highest BCUT2D eigenvalue weighted by Crippen LogP contribution is 2.15. The summed E-state index contributed by atoms with van der Waals surface area (Å²) in [6.07, 6.45) is 4.22. The van der Waals surface area contributed by atoms with Gasteiger partial charge in [0.2, 0.25) is 15.9 Å². The molecule has 1 N–H and O–H groups in total. The summed E-state index contributed by atoms with van der Waals surface area (Å²) in [4.78, 5) is 12.6. The quantitative estimate of drug-likeness (QED) is 0.780. The van der Waals surface area contributed by atoms with Crippen LogP contribution >= 0.6 is 0 Å². The Kier molecular flexibility index (Phi) is 6.16. The summed E-state index contributed by atoms with van der Waals surface area (Å²) in [5.41, 5.74) is 1.05. The van der Waals surface area contributed by atoms with Gasteiger partial charge in [0.1, 0.15) is 6.04 Å². The molecule has 0 aliphatic rings. The Hall–Kier alpha value is -2.12. The third-order valence-electron chi connectivity index (χ3n) is 3.78. The fraction of sp³-hybridized carbons (Fsp3) is 0.353. The fourth-order valence-corrected chi connectivity index (χ4v) is 3.06. The van der Waals surface area contributed by atoms with Gasteiger partial charge >= 0.3 is 0 Å². The number of amides is 1. The maximum Gasteiger partial charge on any atom is 0.243 e. The minimum atomic E-state index is -3.32. The van der Waals surface area contributed by atoms with Crippen LogP contribution in [0.2, 0.25) is 0 Å². The maximum absolute atomic E-state index is 12.6. The monoisotopic (exact) mass is 349 g/mol. The van der Waals surface area contributed by atoms with Crippen molar-refractivity contribution in [3.8, 4) is 0 Å². The van der Waals surface area contributed by atoms with Crippen LogP contribution in [-0.2, 0) is 21.2 Å². The first kappa shape index (κ1) is 18.2. The third-order valence-corrected chi connectivity index (χ3v) is 5.61. The first-order valence-corrected chi connectivity index (χ1v) is 9.35. The van der Waals surface area contributed by atoms with E-state index in [1.165, 1.54) is 14.1 Å². The normalized spacial score (nSPS) is 13.0. The fourth-order valence-electron chi connectivity index (χ4n) is 2.33. The first-order chi connectivity index (χ1) is 11.4. The SMILES string of the molecule is CN(C)S(=O)(=O)CCNC(=O)[C@@H](Cc1ccccc1)n1cccc1. The van der Waals surface area contributed by atoms with Crippen molar-refractivity contribution in [2.45, 2.75) is 12.5 Å². The summed E-state index contributed by atoms with van der Waals surface area (Å²) >= 11 is 0. The van der Waals surface area contributed by atoms with Crippen LogP contribution in [0.3, 0.4) is 0 Å². The van der Waals surface area contributed by atoms with E-state index in [0.717, 1.165) is 9.87 Å². The molecule has 1 aromatic carbocycles. The molecule has 0 fully saturated rings. The molecule has 24 heavy (non-hydrogen) atoms. The Morgan fingerprint density at radius 2 is 1.75 bits per heavy atom. The molecule has 1 heterocycles. The lowest BCUT2D eigenvalue weighted by molar-refractivity contribution is -0.124. The Balaban J connectivity index is 2.03. The smallest absolute Gasteiger partial charge is 0.243 e. The number of sulfonamides is 1. The van der Waals surface area contributed by atoms with Gasteiger partial charge in [0.25, 0.3) is 0 Å². The molecule has 0 unspecified atom stereocenters. The van der Waals surface area contributed by atoms with E-state index in [4.69, 9.17) is 0 Å². The minimum absolute atomic E-state index is 0.0892. The molecule has 1 amide bonds. The summed E-state index contributed by atoms with van der Waals surface area (Å²) in [6.45, 7) is 0.0892. The molecule has 0 aliphatic carbocycles. The predicted molar refractivity (Wildman–Crippen MR) is 94.1 cm³/mol. The second kappa shape index (κ2) is 8.12. The summed E-state index contributed by atoms with van der Waals surface area (Å²) < 4.78 is 26.5. The van der Waals surface area contributed by atoms with Crippen molar-refractivity contribution in [1.29, 1.82) is 0 Å². The van der Waals surface area contributed by atoms with E-state index in [-0.39, 0.29) is 18.2 Å². The van der Waals surface area contributed by atoms with Crippen molar-refractivity contribution < 1.29 is 13.2 Å². The van der Waals surface area contributed by atoms with Crippen LogP contribution in [0.15, 0.2) is 54.9 Å². The van der Waals surface area contributed by atoms with Crippen molar-refractivity contribution in [2.24, 2.45) is 0 Å². The molecule has 0 radical (unpaired) electrons. The van der Waals surface area contributed by atoms with Crippen molar-refractivity contribution in [1.82, 2.24) is 14.2 Å². The van der Waals surface area contributed by atoms with E-state index < -0.39 is 16.1 Å². The summed E-state index contributed by atoms with van der Waals surface area (Å²) in [7, 11) is -0.358. The van der Waals surface area contributed by atoms with Crippen molar-refractivity contribution in [2.75, 3.05) is 26.4 Å². The molecule has 0 aliphatic heterocycles. The van der Waals surface area contributed by atoms with Crippen LogP contribution in [-0.4, -0.2) is 49.6 Å². The zero-order valence-corrected chi connectivity index (χ0v) is 14.7. The van der Waals surface area contributed by atoms with Gasteiger partial charge in [0.15, 0.2) is 0 Å². The molecule has 0 saturated carbocycles. The van der Waals surface area contributed by atoms with Crippen LogP contribution in [0.25, 0.3) is 0 Å². The molecular weight excluding hydrogens is 326 g/mol. The van der Waals surface area contributed by atoms with Gasteiger partial charge in [-0.2, -0.15) is 0 Å². The van der Waals surface area contributed by atoms with Crippen LogP contribution in [0, 0.1) is 0 Å². The number of nitrogens with one attached hydrogen (secondary N) is 1. The Morgan fingerprint density at radius 1 is 1.12 bits per heavy atom. The summed E-state index contributed by atoms with van der Waals surface area (Å²) in [6, 6.07) is 13.1. The Bertz CT molecular complexity index is 741. The average Bonchev–Trinajstić information content (AvgIpc) is 3.07. The van der Waals surface area contributed by atoms with Crippen molar-refractivity contribution >= 4 is 15.9 Å². The molecule has 6 nitrogen and oxygen atoms in total. The predicted octanol–water partition coefficient (Wildman–Crippen LogP) is 1.28. The van der Waals surface area contributed by atoms with Crippen molar-refractivity contribution in [3.05, 3.63) is 60.4 Å². The Morgan fingerprint density at radius 3 is 2.33 bits per heavy atom. The van der Waals surface area contributed by atoms with E-state index in [9.17, 15) is 13.2 Å². The molecule has 2 rings (SSSR count). The highest BCUT2D eigenvalue weighted by atomic mass is 32.2. The standard InChI is InChI=1S/C17H23N3O3S/c1-19(2)24(22,23)13-10-18-17(21)16(20-11-6-7-12-20)14-15-8-4-3-5-9-15/h3-9,11-12,16H,10,13-14H2,1-2H3,(H,18,21)/t16-/m1/s1. The summed E-state index contributed by atoms with van der Waals surface area (Å²) in [5, 5.41) is 2.74. The molecule has 7 heteroatoms. The van der Waals surface area contributed by atoms with E-state index in [0.29, 0.717) is 6.42 Å². The second-order valence-electron chi connectivity index (χ2n) is 5.73. The molecular formula is C17H23N3O3S. The largest absolute Gasteiger partial charge is 0.353 e. The van der Waals surface area contributed by atoms with Gasteiger partial charge in [-0.1, -0.05) is 30.3 Å². The molecule has 0 spiro atoms. The van der Waals surface area contributed by atoms with Gasteiger partial charge < -0.3 is 9.88 Å². The van der Waals surface area contributed by atoms with E-state index in [2.05, 4.69) is 5.32 Å². The number of hydrogen-bond acceptors (Lipinski definition) is 3. The van der Waals surface area contributed by atoms with Crippen LogP contribution in [0.5, 0.6) is 0 Å². The number of nitrogens with zero attached hydrogens (tertiary/aromatic N) is 2. The van der Waals surface area contributed by atoms with E-state index in [1.807, 2.05) is 59.4 Å². The van der Waals surface area contributed by atoms with Crippen LogP contribution < -0.4 is 5.32 Å². The number of aromatic nitrogens is 1. The van der Waals surface area contributed by atoms with Gasteiger partial charge in [-0.3, -0.25) is 4.79 Å². The molecule has 2 aromatic rings. The lowest BCUT2D eigenvalue weighted by Crippen LogP contribution is -2.38. The molecule has 1 atom stereocenters. The van der Waals surface area contributed by atoms with Gasteiger partial charge in [0, 0.05) is 39.5 Å². The van der Waals surface area contributed by atoms with Crippen LogP contribution in [0.4, 0.5) is 0 Å². The first-order valence-electron chi connectivity index (χ1n) is 7.74. The number of carbonyl (C=O) groups is 1. The maximum atomic E-state index is 12.6. The minimum Gasteiger partial charge on any atom is -0.353 e.